The van der Waals surface area contributed by atoms with E-state index in [1.54, 1.807) is 0 Å². The van der Waals surface area contributed by atoms with Crippen LogP contribution < -0.4 is 0 Å². The van der Waals surface area contributed by atoms with E-state index in [-0.39, 0.29) is 23.7 Å². The Hall–Kier alpha value is -0.650. The Morgan fingerprint density at radius 3 is 2.63 bits per heavy atom. The van der Waals surface area contributed by atoms with Gasteiger partial charge in [-0.2, -0.15) is 0 Å². The van der Waals surface area contributed by atoms with Crippen LogP contribution in [0, 0.1) is 5.41 Å². The van der Waals surface area contributed by atoms with E-state index >= 15 is 0 Å². The molecule has 1 rings (SSSR count). The maximum absolute atomic E-state index is 10.3. The third kappa shape index (κ3) is 6.89. The lowest BCUT2D eigenvalue weighted by molar-refractivity contribution is -0.250. The standard InChI is InChI=1S/C14H26O5/c1-13(2,3)19-12(8-17-10-15)18-11-6-14(4,5)9-16-7-11/h10-12H,6-9H2,1-5H3. The van der Waals surface area contributed by atoms with Crippen LogP contribution in [-0.2, 0) is 23.7 Å². The Morgan fingerprint density at radius 1 is 1.42 bits per heavy atom. The number of rotatable bonds is 6. The van der Waals surface area contributed by atoms with Crippen molar-refractivity contribution in [3.63, 3.8) is 0 Å². The SMILES string of the molecule is CC1(C)COCC(OC(COC=O)OC(C)(C)C)C1. The number of ether oxygens (including phenoxy) is 4. The fraction of sp³-hybridized carbons (Fsp3) is 0.929. The van der Waals surface area contributed by atoms with Gasteiger partial charge in [-0.3, -0.25) is 4.79 Å². The molecule has 0 spiro atoms. The summed E-state index contributed by atoms with van der Waals surface area (Å²) in [5, 5.41) is 0. The van der Waals surface area contributed by atoms with Crippen molar-refractivity contribution in [1.82, 2.24) is 0 Å². The van der Waals surface area contributed by atoms with Crippen LogP contribution in [0.5, 0.6) is 0 Å². The highest BCUT2D eigenvalue weighted by atomic mass is 16.7. The van der Waals surface area contributed by atoms with Gasteiger partial charge in [0.25, 0.3) is 6.47 Å². The van der Waals surface area contributed by atoms with Gasteiger partial charge in [-0.05, 0) is 32.6 Å². The van der Waals surface area contributed by atoms with Crippen LogP contribution in [0.4, 0.5) is 0 Å². The van der Waals surface area contributed by atoms with Gasteiger partial charge in [0.15, 0.2) is 6.29 Å². The molecule has 0 aromatic rings. The Morgan fingerprint density at radius 2 is 2.11 bits per heavy atom. The third-order valence-corrected chi connectivity index (χ3v) is 2.71. The summed E-state index contributed by atoms with van der Waals surface area (Å²) in [5.74, 6) is 0. The van der Waals surface area contributed by atoms with E-state index in [2.05, 4.69) is 13.8 Å². The fourth-order valence-electron chi connectivity index (χ4n) is 2.12. The Labute approximate surface area is 115 Å². The minimum atomic E-state index is -0.562. The van der Waals surface area contributed by atoms with Gasteiger partial charge >= 0.3 is 0 Å². The maximum atomic E-state index is 10.3. The molecule has 5 heteroatoms. The molecule has 0 saturated carbocycles. The van der Waals surface area contributed by atoms with E-state index in [0.717, 1.165) is 13.0 Å². The normalized spacial score (nSPS) is 24.8. The number of hydrogen-bond donors (Lipinski definition) is 0. The lowest BCUT2D eigenvalue weighted by atomic mass is 9.86. The molecule has 1 fully saturated rings. The first-order chi connectivity index (χ1) is 8.72. The average Bonchev–Trinajstić information content (AvgIpc) is 2.22. The molecule has 2 unspecified atom stereocenters. The quantitative estimate of drug-likeness (QED) is 0.548. The molecule has 0 aromatic carbocycles. The minimum absolute atomic E-state index is 0.0358. The van der Waals surface area contributed by atoms with Crippen LogP contribution in [-0.4, -0.2) is 44.3 Å². The molecule has 0 bridgehead atoms. The lowest BCUT2D eigenvalue weighted by Crippen LogP contribution is -2.42. The summed E-state index contributed by atoms with van der Waals surface area (Å²) in [5.41, 5.74) is -0.261. The monoisotopic (exact) mass is 274 g/mol. The van der Waals surface area contributed by atoms with E-state index in [9.17, 15) is 4.79 Å². The highest BCUT2D eigenvalue weighted by molar-refractivity contribution is 5.36. The molecule has 0 radical (unpaired) electrons. The first kappa shape index (κ1) is 16.4. The summed E-state index contributed by atoms with van der Waals surface area (Å²) in [6.45, 7) is 11.9. The van der Waals surface area contributed by atoms with Gasteiger partial charge in [0.2, 0.25) is 0 Å². The molecule has 1 heterocycles. The molecule has 1 aliphatic rings. The second-order valence-electron chi connectivity index (χ2n) is 6.73. The van der Waals surface area contributed by atoms with Crippen molar-refractivity contribution in [2.24, 2.45) is 5.41 Å². The molecule has 1 saturated heterocycles. The second kappa shape index (κ2) is 6.68. The molecule has 112 valence electrons. The van der Waals surface area contributed by atoms with Gasteiger partial charge in [-0.25, -0.2) is 0 Å². The topological polar surface area (TPSA) is 54.0 Å². The van der Waals surface area contributed by atoms with Crippen LogP contribution in [0.2, 0.25) is 0 Å². The van der Waals surface area contributed by atoms with E-state index in [1.807, 2.05) is 20.8 Å². The highest BCUT2D eigenvalue weighted by Crippen LogP contribution is 2.29. The van der Waals surface area contributed by atoms with Gasteiger partial charge in [0.05, 0.1) is 24.9 Å². The van der Waals surface area contributed by atoms with Crippen molar-refractivity contribution in [2.45, 2.75) is 59.0 Å². The van der Waals surface area contributed by atoms with Crippen LogP contribution in [0.3, 0.4) is 0 Å². The summed E-state index contributed by atoms with van der Waals surface area (Å²) in [6, 6.07) is 0. The van der Waals surface area contributed by atoms with Crippen molar-refractivity contribution in [1.29, 1.82) is 0 Å². The summed E-state index contributed by atoms with van der Waals surface area (Å²) in [6.07, 6.45) is 0.303. The molecular weight excluding hydrogens is 248 g/mol. The summed E-state index contributed by atoms with van der Waals surface area (Å²) in [4.78, 5) is 10.3. The summed E-state index contributed by atoms with van der Waals surface area (Å²) in [7, 11) is 0. The van der Waals surface area contributed by atoms with Crippen molar-refractivity contribution < 1.29 is 23.7 Å². The first-order valence-electron chi connectivity index (χ1n) is 6.68. The molecule has 1 aliphatic heterocycles. The van der Waals surface area contributed by atoms with Gasteiger partial charge in [0, 0.05) is 0 Å². The molecule has 19 heavy (non-hydrogen) atoms. The van der Waals surface area contributed by atoms with E-state index < -0.39 is 6.29 Å². The third-order valence-electron chi connectivity index (χ3n) is 2.71. The zero-order valence-electron chi connectivity index (χ0n) is 12.6. The predicted molar refractivity (Wildman–Crippen MR) is 70.7 cm³/mol. The zero-order chi connectivity index (χ0) is 14.5. The maximum Gasteiger partial charge on any atom is 0.293 e. The Balaban J connectivity index is 2.53. The lowest BCUT2D eigenvalue weighted by Gasteiger charge is -2.37. The van der Waals surface area contributed by atoms with E-state index in [4.69, 9.17) is 18.9 Å². The zero-order valence-corrected chi connectivity index (χ0v) is 12.6. The summed E-state index contributed by atoms with van der Waals surface area (Å²) < 4.78 is 21.9. The van der Waals surface area contributed by atoms with Crippen molar-refractivity contribution in [3.05, 3.63) is 0 Å². The molecule has 2 atom stereocenters. The van der Waals surface area contributed by atoms with Gasteiger partial charge in [0.1, 0.15) is 6.61 Å². The molecule has 0 aromatic heterocycles. The van der Waals surface area contributed by atoms with Crippen LogP contribution >= 0.6 is 0 Å². The van der Waals surface area contributed by atoms with Crippen molar-refractivity contribution in [3.8, 4) is 0 Å². The molecule has 0 amide bonds. The predicted octanol–water partition coefficient (Wildman–Crippen LogP) is 2.13. The van der Waals surface area contributed by atoms with Crippen LogP contribution in [0.25, 0.3) is 0 Å². The second-order valence-corrected chi connectivity index (χ2v) is 6.73. The molecule has 0 N–H and O–H groups in total. The largest absolute Gasteiger partial charge is 0.462 e. The number of carbonyl (C=O) groups is 1. The summed E-state index contributed by atoms with van der Waals surface area (Å²) >= 11 is 0. The smallest absolute Gasteiger partial charge is 0.293 e. The number of carbonyl (C=O) groups excluding carboxylic acids is 1. The minimum Gasteiger partial charge on any atom is -0.462 e. The molecule has 5 nitrogen and oxygen atoms in total. The van der Waals surface area contributed by atoms with Crippen LogP contribution in [0.1, 0.15) is 41.0 Å². The van der Waals surface area contributed by atoms with Gasteiger partial charge < -0.3 is 18.9 Å². The van der Waals surface area contributed by atoms with Crippen LogP contribution in [0.15, 0.2) is 0 Å². The van der Waals surface area contributed by atoms with Crippen molar-refractivity contribution >= 4 is 6.47 Å². The Bertz CT molecular complexity index is 282. The fourth-order valence-corrected chi connectivity index (χ4v) is 2.12. The van der Waals surface area contributed by atoms with Crippen molar-refractivity contribution in [2.75, 3.05) is 19.8 Å². The van der Waals surface area contributed by atoms with E-state index in [1.165, 1.54) is 0 Å². The van der Waals surface area contributed by atoms with Gasteiger partial charge in [-0.1, -0.05) is 13.8 Å². The average molecular weight is 274 g/mol. The highest BCUT2D eigenvalue weighted by Gasteiger charge is 2.32. The first-order valence-corrected chi connectivity index (χ1v) is 6.68. The van der Waals surface area contributed by atoms with Gasteiger partial charge in [-0.15, -0.1) is 0 Å². The Kier molecular flexibility index (Phi) is 5.77. The molecule has 0 aliphatic carbocycles. The number of hydrogen-bond acceptors (Lipinski definition) is 5. The molecular formula is C14H26O5. The van der Waals surface area contributed by atoms with E-state index in [0.29, 0.717) is 13.1 Å².